The maximum Gasteiger partial charge on any atom is 0.191 e. The highest BCUT2D eigenvalue weighted by atomic mass is 127. The van der Waals surface area contributed by atoms with Crippen LogP contribution < -0.4 is 10.6 Å². The second kappa shape index (κ2) is 11.4. The molecule has 0 amide bonds. The van der Waals surface area contributed by atoms with Crippen molar-refractivity contribution >= 4 is 29.9 Å². The summed E-state index contributed by atoms with van der Waals surface area (Å²) in [6, 6.07) is 9.68. The minimum atomic E-state index is 0. The van der Waals surface area contributed by atoms with Crippen molar-refractivity contribution in [3.63, 3.8) is 0 Å². The van der Waals surface area contributed by atoms with Crippen molar-refractivity contribution in [3.05, 3.63) is 35.4 Å². The first kappa shape index (κ1) is 22.7. The van der Waals surface area contributed by atoms with Crippen LogP contribution in [0.15, 0.2) is 29.3 Å². The average Bonchev–Trinajstić information content (AvgIpc) is 2.65. The Balaban J connectivity index is 0.00000338. The van der Waals surface area contributed by atoms with Gasteiger partial charge in [-0.3, -0.25) is 4.90 Å². The lowest BCUT2D eigenvalue weighted by molar-refractivity contribution is -0.00834. The molecule has 1 aliphatic rings. The second-order valence-electron chi connectivity index (χ2n) is 6.77. The lowest BCUT2D eigenvalue weighted by atomic mass is 10.0. The molecule has 1 aromatic carbocycles. The summed E-state index contributed by atoms with van der Waals surface area (Å²) < 4.78 is 5.44. The molecule has 0 bridgehead atoms. The van der Waals surface area contributed by atoms with Crippen LogP contribution in [0.3, 0.4) is 0 Å². The van der Waals surface area contributed by atoms with E-state index in [1.165, 1.54) is 0 Å². The van der Waals surface area contributed by atoms with Crippen LogP contribution in [-0.2, 0) is 11.3 Å². The third-order valence-corrected chi connectivity index (χ3v) is 4.40. The van der Waals surface area contributed by atoms with Crippen molar-refractivity contribution in [2.45, 2.75) is 32.9 Å². The Kier molecular flexibility index (Phi) is 9.91. The van der Waals surface area contributed by atoms with E-state index in [1.807, 2.05) is 24.3 Å². The Morgan fingerprint density at radius 3 is 2.46 bits per heavy atom. The maximum absolute atomic E-state index is 8.86. The molecule has 0 spiro atoms. The number of benzene rings is 1. The molecule has 1 heterocycles. The van der Waals surface area contributed by atoms with E-state index in [1.54, 1.807) is 0 Å². The van der Waals surface area contributed by atoms with Crippen LogP contribution in [0.5, 0.6) is 0 Å². The molecule has 2 rings (SSSR count). The zero-order valence-electron chi connectivity index (χ0n) is 15.9. The Morgan fingerprint density at radius 2 is 1.88 bits per heavy atom. The van der Waals surface area contributed by atoms with E-state index in [0.29, 0.717) is 12.1 Å². The number of rotatable bonds is 6. The van der Waals surface area contributed by atoms with Gasteiger partial charge in [-0.25, -0.2) is 4.99 Å². The first-order valence-corrected chi connectivity index (χ1v) is 8.89. The number of ether oxygens (including phenoxy) is 1. The first-order valence-electron chi connectivity index (χ1n) is 8.89. The van der Waals surface area contributed by atoms with E-state index >= 15 is 0 Å². The van der Waals surface area contributed by atoms with Crippen LogP contribution >= 0.6 is 24.0 Å². The third-order valence-electron chi connectivity index (χ3n) is 4.40. The zero-order valence-corrected chi connectivity index (χ0v) is 18.2. The quantitative estimate of drug-likeness (QED) is 0.379. The summed E-state index contributed by atoms with van der Waals surface area (Å²) in [5.74, 6) is 0.813. The molecule has 1 saturated heterocycles. The number of morpholine rings is 1. The molecule has 0 atom stereocenters. The highest BCUT2D eigenvalue weighted by molar-refractivity contribution is 14.0. The molecule has 7 heteroatoms. The Hall–Kier alpha value is -1.37. The molecule has 144 valence electrons. The van der Waals surface area contributed by atoms with Crippen LogP contribution in [-0.4, -0.2) is 55.8 Å². The molecule has 0 aliphatic carbocycles. The minimum Gasteiger partial charge on any atom is -0.379 e. The maximum atomic E-state index is 8.86. The van der Waals surface area contributed by atoms with Crippen molar-refractivity contribution in [1.29, 1.82) is 5.26 Å². The number of halogens is 1. The van der Waals surface area contributed by atoms with Crippen LogP contribution in [0.25, 0.3) is 0 Å². The highest BCUT2D eigenvalue weighted by Gasteiger charge is 2.28. The van der Waals surface area contributed by atoms with Gasteiger partial charge in [-0.2, -0.15) is 5.26 Å². The summed E-state index contributed by atoms with van der Waals surface area (Å²) in [5.41, 5.74) is 1.79. The summed E-state index contributed by atoms with van der Waals surface area (Å²) in [7, 11) is 0. The van der Waals surface area contributed by atoms with Gasteiger partial charge in [-0.15, -0.1) is 24.0 Å². The smallest absolute Gasteiger partial charge is 0.191 e. The zero-order chi connectivity index (χ0) is 18.1. The fraction of sp³-hybridized carbons (Fsp3) is 0.579. The van der Waals surface area contributed by atoms with Crippen molar-refractivity contribution < 1.29 is 4.74 Å². The largest absolute Gasteiger partial charge is 0.379 e. The Bertz CT molecular complexity index is 603. The summed E-state index contributed by atoms with van der Waals surface area (Å²) >= 11 is 0. The molecule has 0 saturated carbocycles. The number of hydrogen-bond donors (Lipinski definition) is 2. The van der Waals surface area contributed by atoms with Gasteiger partial charge in [0.15, 0.2) is 5.96 Å². The molecule has 1 aliphatic heterocycles. The number of nitrogens with one attached hydrogen (secondary N) is 2. The molecular formula is C19H30IN5O. The van der Waals surface area contributed by atoms with Crippen LogP contribution in [0.4, 0.5) is 0 Å². The predicted octanol–water partition coefficient (Wildman–Crippen LogP) is 2.34. The molecule has 0 unspecified atom stereocenters. The topological polar surface area (TPSA) is 72.7 Å². The van der Waals surface area contributed by atoms with Gasteiger partial charge in [0.05, 0.1) is 31.4 Å². The summed E-state index contributed by atoms with van der Waals surface area (Å²) in [5, 5.41) is 15.6. The standard InChI is InChI=1S/C19H29N5O.HI/c1-4-21-18(22-14-17-7-5-16(13-20)6-8-17)23-15-19(2,3)24-9-11-25-12-10-24;/h5-8H,4,9-12,14-15H2,1-3H3,(H2,21,22,23);1H. The van der Waals surface area contributed by atoms with E-state index in [4.69, 9.17) is 10.00 Å². The minimum absolute atomic E-state index is 0. The van der Waals surface area contributed by atoms with Gasteiger partial charge in [-0.1, -0.05) is 12.1 Å². The Labute approximate surface area is 174 Å². The van der Waals surface area contributed by atoms with Crippen molar-refractivity contribution in [2.24, 2.45) is 4.99 Å². The molecular weight excluding hydrogens is 441 g/mol. The van der Waals surface area contributed by atoms with Gasteiger partial charge in [0.2, 0.25) is 0 Å². The molecule has 2 N–H and O–H groups in total. The van der Waals surface area contributed by atoms with Gasteiger partial charge in [0.25, 0.3) is 0 Å². The molecule has 1 aromatic rings. The van der Waals surface area contributed by atoms with E-state index in [2.05, 4.69) is 47.4 Å². The van der Waals surface area contributed by atoms with Crippen molar-refractivity contribution in [1.82, 2.24) is 15.5 Å². The Morgan fingerprint density at radius 1 is 1.23 bits per heavy atom. The highest BCUT2D eigenvalue weighted by Crippen LogP contribution is 2.15. The van der Waals surface area contributed by atoms with Crippen LogP contribution in [0, 0.1) is 11.3 Å². The number of guanidine groups is 1. The van der Waals surface area contributed by atoms with Gasteiger partial charge < -0.3 is 15.4 Å². The first-order chi connectivity index (χ1) is 12.0. The molecule has 0 radical (unpaired) electrons. The molecule has 0 aromatic heterocycles. The lowest BCUT2D eigenvalue weighted by Crippen LogP contribution is -2.56. The molecule has 6 nitrogen and oxygen atoms in total. The fourth-order valence-corrected chi connectivity index (χ4v) is 2.78. The van der Waals surface area contributed by atoms with Crippen molar-refractivity contribution in [3.8, 4) is 6.07 Å². The molecule has 1 fully saturated rings. The predicted molar refractivity (Wildman–Crippen MR) is 116 cm³/mol. The number of hydrogen-bond acceptors (Lipinski definition) is 4. The second-order valence-corrected chi connectivity index (χ2v) is 6.77. The normalized spacial score (nSPS) is 15.7. The monoisotopic (exact) mass is 471 g/mol. The fourth-order valence-electron chi connectivity index (χ4n) is 2.78. The van der Waals surface area contributed by atoms with Gasteiger partial charge >= 0.3 is 0 Å². The number of nitriles is 1. The summed E-state index contributed by atoms with van der Waals surface area (Å²) in [6.45, 7) is 12.3. The van der Waals surface area contributed by atoms with E-state index in [0.717, 1.165) is 50.9 Å². The summed E-state index contributed by atoms with van der Waals surface area (Å²) in [4.78, 5) is 7.11. The van der Waals surface area contributed by atoms with Gasteiger partial charge in [0, 0.05) is 31.7 Å². The van der Waals surface area contributed by atoms with Gasteiger partial charge in [0.1, 0.15) is 0 Å². The van der Waals surface area contributed by atoms with E-state index in [9.17, 15) is 0 Å². The van der Waals surface area contributed by atoms with Crippen molar-refractivity contribution in [2.75, 3.05) is 39.4 Å². The van der Waals surface area contributed by atoms with Gasteiger partial charge in [-0.05, 0) is 38.5 Å². The van der Waals surface area contributed by atoms with Crippen LogP contribution in [0.2, 0.25) is 0 Å². The SMILES string of the molecule is CCNC(=NCc1ccc(C#N)cc1)NCC(C)(C)N1CCOCC1.I. The van der Waals surface area contributed by atoms with E-state index in [-0.39, 0.29) is 29.5 Å². The lowest BCUT2D eigenvalue weighted by Gasteiger charge is -2.41. The number of aliphatic imine (C=N–C) groups is 1. The summed E-state index contributed by atoms with van der Waals surface area (Å²) in [6.07, 6.45) is 0. The molecule has 26 heavy (non-hydrogen) atoms. The van der Waals surface area contributed by atoms with Crippen LogP contribution in [0.1, 0.15) is 31.9 Å². The van der Waals surface area contributed by atoms with E-state index < -0.39 is 0 Å². The average molecular weight is 471 g/mol. The number of nitrogens with zero attached hydrogens (tertiary/aromatic N) is 3. The third kappa shape index (κ3) is 7.09.